The van der Waals surface area contributed by atoms with Crippen molar-refractivity contribution >= 4 is 11.7 Å². The molecular formula is C12H12N2O4. The Morgan fingerprint density at radius 2 is 2.17 bits per heavy atom. The predicted molar refractivity (Wildman–Crippen MR) is 63.1 cm³/mol. The number of hydrogen-bond acceptors (Lipinski definition) is 5. The van der Waals surface area contributed by atoms with Gasteiger partial charge in [-0.25, -0.2) is 4.79 Å². The molecule has 1 rings (SSSR count). The van der Waals surface area contributed by atoms with Crippen molar-refractivity contribution in [3.05, 3.63) is 38.9 Å². The van der Waals surface area contributed by atoms with Crippen molar-refractivity contribution in [1.29, 1.82) is 5.26 Å². The van der Waals surface area contributed by atoms with Crippen LogP contribution in [-0.4, -0.2) is 17.5 Å². The number of rotatable bonds is 4. The zero-order chi connectivity index (χ0) is 13.7. The summed E-state index contributed by atoms with van der Waals surface area (Å²) in [6.07, 6.45) is 0.316. The van der Waals surface area contributed by atoms with E-state index in [0.29, 0.717) is 6.42 Å². The van der Waals surface area contributed by atoms with E-state index in [0.717, 1.165) is 0 Å². The number of hydrogen-bond donors (Lipinski definition) is 0. The molecule has 18 heavy (non-hydrogen) atoms. The molecule has 0 aliphatic heterocycles. The average molecular weight is 248 g/mol. The highest BCUT2D eigenvalue weighted by Gasteiger charge is 2.22. The maximum absolute atomic E-state index is 11.7. The van der Waals surface area contributed by atoms with Crippen LogP contribution in [-0.2, 0) is 11.2 Å². The van der Waals surface area contributed by atoms with Crippen molar-refractivity contribution in [1.82, 2.24) is 0 Å². The lowest BCUT2D eigenvalue weighted by atomic mass is 10.00. The Morgan fingerprint density at radius 3 is 2.61 bits per heavy atom. The minimum absolute atomic E-state index is 0.0713. The van der Waals surface area contributed by atoms with E-state index in [1.165, 1.54) is 12.1 Å². The Labute approximate surface area is 104 Å². The van der Waals surface area contributed by atoms with E-state index in [-0.39, 0.29) is 29.0 Å². The highest BCUT2D eigenvalue weighted by atomic mass is 16.6. The first-order chi connectivity index (χ1) is 8.54. The monoisotopic (exact) mass is 248 g/mol. The van der Waals surface area contributed by atoms with Crippen molar-refractivity contribution in [3.8, 4) is 6.07 Å². The summed E-state index contributed by atoms with van der Waals surface area (Å²) >= 11 is 0. The fraction of sp³-hybridized carbons (Fsp3) is 0.333. The SMILES string of the molecule is CCOC(=O)c1cc(C#N)cc([N+](=O)[O-])c1CC. The molecule has 0 aromatic heterocycles. The fourth-order valence-corrected chi connectivity index (χ4v) is 1.65. The van der Waals surface area contributed by atoms with Crippen LogP contribution in [0.2, 0.25) is 0 Å². The average Bonchev–Trinajstić information content (AvgIpc) is 2.37. The summed E-state index contributed by atoms with van der Waals surface area (Å²) in [6.45, 7) is 3.52. The molecule has 1 aromatic carbocycles. The molecule has 0 heterocycles. The van der Waals surface area contributed by atoms with Gasteiger partial charge in [0, 0.05) is 11.6 Å². The molecule has 0 aliphatic rings. The Kier molecular flexibility index (Phi) is 4.38. The third kappa shape index (κ3) is 2.63. The van der Waals surface area contributed by atoms with Gasteiger partial charge in [0.25, 0.3) is 5.69 Å². The number of nitrogens with zero attached hydrogens (tertiary/aromatic N) is 2. The Bertz CT molecular complexity index is 532. The van der Waals surface area contributed by atoms with Gasteiger partial charge < -0.3 is 4.74 Å². The number of ether oxygens (including phenoxy) is 1. The van der Waals surface area contributed by atoms with Gasteiger partial charge in [-0.15, -0.1) is 0 Å². The molecule has 0 saturated heterocycles. The number of esters is 1. The largest absolute Gasteiger partial charge is 0.462 e. The lowest BCUT2D eigenvalue weighted by molar-refractivity contribution is -0.385. The van der Waals surface area contributed by atoms with Crippen LogP contribution in [0.1, 0.15) is 35.3 Å². The topological polar surface area (TPSA) is 93.2 Å². The van der Waals surface area contributed by atoms with E-state index in [2.05, 4.69) is 0 Å². The van der Waals surface area contributed by atoms with Crippen LogP contribution in [0.5, 0.6) is 0 Å². The Morgan fingerprint density at radius 1 is 1.50 bits per heavy atom. The number of nitriles is 1. The molecule has 0 spiro atoms. The molecule has 0 amide bonds. The zero-order valence-electron chi connectivity index (χ0n) is 10.1. The van der Waals surface area contributed by atoms with Gasteiger partial charge in [-0.05, 0) is 19.4 Å². The summed E-state index contributed by atoms with van der Waals surface area (Å²) in [6, 6.07) is 4.29. The van der Waals surface area contributed by atoms with Crippen LogP contribution in [0.3, 0.4) is 0 Å². The number of carbonyl (C=O) groups is 1. The van der Waals surface area contributed by atoms with Crippen molar-refractivity contribution < 1.29 is 14.5 Å². The minimum atomic E-state index is -0.644. The summed E-state index contributed by atoms with van der Waals surface area (Å²) < 4.78 is 4.83. The molecule has 0 unspecified atom stereocenters. The van der Waals surface area contributed by atoms with Gasteiger partial charge in [0.05, 0.1) is 28.7 Å². The number of benzene rings is 1. The lowest BCUT2D eigenvalue weighted by Crippen LogP contribution is -2.10. The van der Waals surface area contributed by atoms with Crippen LogP contribution in [0.4, 0.5) is 5.69 Å². The summed E-state index contributed by atoms with van der Waals surface area (Å²) in [7, 11) is 0. The highest BCUT2D eigenvalue weighted by molar-refractivity contribution is 5.93. The van der Waals surface area contributed by atoms with E-state index in [1.54, 1.807) is 19.9 Å². The van der Waals surface area contributed by atoms with Crippen molar-refractivity contribution in [2.24, 2.45) is 0 Å². The van der Waals surface area contributed by atoms with Gasteiger partial charge in [-0.1, -0.05) is 6.92 Å². The van der Waals surface area contributed by atoms with E-state index in [4.69, 9.17) is 10.00 Å². The Hall–Kier alpha value is -2.42. The Balaban J connectivity index is 3.48. The molecule has 0 N–H and O–H groups in total. The van der Waals surface area contributed by atoms with Crippen molar-refractivity contribution in [2.75, 3.05) is 6.61 Å². The van der Waals surface area contributed by atoms with Crippen LogP contribution in [0, 0.1) is 21.4 Å². The smallest absolute Gasteiger partial charge is 0.338 e. The molecule has 0 atom stereocenters. The van der Waals surface area contributed by atoms with Gasteiger partial charge in [0.1, 0.15) is 0 Å². The first-order valence-electron chi connectivity index (χ1n) is 5.43. The van der Waals surface area contributed by atoms with Crippen LogP contribution >= 0.6 is 0 Å². The van der Waals surface area contributed by atoms with E-state index in [1.807, 2.05) is 0 Å². The third-order valence-electron chi connectivity index (χ3n) is 2.40. The molecule has 0 saturated carbocycles. The fourth-order valence-electron chi connectivity index (χ4n) is 1.65. The molecule has 0 radical (unpaired) electrons. The van der Waals surface area contributed by atoms with Gasteiger partial charge in [-0.3, -0.25) is 10.1 Å². The quantitative estimate of drug-likeness (QED) is 0.462. The van der Waals surface area contributed by atoms with Gasteiger partial charge in [0.15, 0.2) is 0 Å². The molecule has 6 heteroatoms. The van der Waals surface area contributed by atoms with E-state index < -0.39 is 10.9 Å². The predicted octanol–water partition coefficient (Wildman–Crippen LogP) is 2.21. The molecule has 0 aliphatic carbocycles. The van der Waals surface area contributed by atoms with Crippen LogP contribution in [0.25, 0.3) is 0 Å². The second kappa shape index (κ2) is 5.77. The lowest BCUT2D eigenvalue weighted by Gasteiger charge is -2.08. The first kappa shape index (κ1) is 13.6. The minimum Gasteiger partial charge on any atom is -0.462 e. The number of nitro benzene ring substituents is 1. The second-order valence-electron chi connectivity index (χ2n) is 3.46. The van der Waals surface area contributed by atoms with Gasteiger partial charge in [-0.2, -0.15) is 5.26 Å². The molecular weight excluding hydrogens is 236 g/mol. The molecule has 1 aromatic rings. The van der Waals surface area contributed by atoms with Crippen LogP contribution in [0.15, 0.2) is 12.1 Å². The summed E-state index contributed by atoms with van der Waals surface area (Å²) in [5, 5.41) is 19.7. The first-order valence-corrected chi connectivity index (χ1v) is 5.43. The number of nitro groups is 1. The molecule has 0 bridgehead atoms. The van der Waals surface area contributed by atoms with E-state index in [9.17, 15) is 14.9 Å². The van der Waals surface area contributed by atoms with Gasteiger partial charge in [0.2, 0.25) is 0 Å². The van der Waals surface area contributed by atoms with Gasteiger partial charge >= 0.3 is 5.97 Å². The normalized spacial score (nSPS) is 9.61. The summed E-state index contributed by atoms with van der Waals surface area (Å²) in [5.41, 5.74) is 0.226. The van der Waals surface area contributed by atoms with Crippen molar-refractivity contribution in [3.63, 3.8) is 0 Å². The van der Waals surface area contributed by atoms with E-state index >= 15 is 0 Å². The molecule has 94 valence electrons. The standard InChI is InChI=1S/C12H12N2O4/c1-3-9-10(12(15)18-4-2)5-8(7-13)6-11(9)14(16)17/h5-6H,3-4H2,1-2H3. The maximum Gasteiger partial charge on any atom is 0.338 e. The van der Waals surface area contributed by atoms with Crippen LogP contribution < -0.4 is 0 Å². The molecule has 6 nitrogen and oxygen atoms in total. The molecule has 0 fully saturated rings. The third-order valence-corrected chi connectivity index (χ3v) is 2.40. The summed E-state index contributed by atoms with van der Waals surface area (Å²) in [4.78, 5) is 22.0. The maximum atomic E-state index is 11.7. The highest BCUT2D eigenvalue weighted by Crippen LogP contribution is 2.25. The summed E-state index contributed by atoms with van der Waals surface area (Å²) in [5.74, 6) is -0.644. The number of carbonyl (C=O) groups excluding carboxylic acids is 1. The second-order valence-corrected chi connectivity index (χ2v) is 3.46. The zero-order valence-corrected chi connectivity index (χ0v) is 10.1. The van der Waals surface area contributed by atoms with Crippen molar-refractivity contribution in [2.45, 2.75) is 20.3 Å².